The van der Waals surface area contributed by atoms with E-state index in [1.54, 1.807) is 39.8 Å². The Balaban J connectivity index is 2.92. The number of carbonyl (C=O) groups is 1. The summed E-state index contributed by atoms with van der Waals surface area (Å²) >= 11 is 0. The van der Waals surface area contributed by atoms with Crippen LogP contribution in [0.1, 0.15) is 26.3 Å². The Morgan fingerprint density at radius 2 is 1.88 bits per heavy atom. The van der Waals surface area contributed by atoms with Gasteiger partial charge in [-0.25, -0.2) is 4.79 Å². The van der Waals surface area contributed by atoms with Gasteiger partial charge in [0.05, 0.1) is 16.9 Å². The molecule has 0 saturated heterocycles. The molecule has 2 amide bonds. The smallest absolute Gasteiger partial charge is 0.388 e. The Kier molecular flexibility index (Phi) is 6.10. The van der Waals surface area contributed by atoms with Gasteiger partial charge in [0, 0.05) is 26.3 Å². The van der Waals surface area contributed by atoms with Crippen molar-refractivity contribution in [1.29, 1.82) is 0 Å². The first-order valence-electron chi connectivity index (χ1n) is 7.50. The van der Waals surface area contributed by atoms with E-state index in [1.807, 2.05) is 0 Å². The summed E-state index contributed by atoms with van der Waals surface area (Å²) < 4.78 is 39.6. The maximum Gasteiger partial charge on any atom is 0.418 e. The summed E-state index contributed by atoms with van der Waals surface area (Å²) in [6, 6.07) is 2.85. The molecule has 0 heterocycles. The number of hydrogen-bond donors (Lipinski definition) is 3. The van der Waals surface area contributed by atoms with Gasteiger partial charge in [-0.1, -0.05) is 13.8 Å². The Hall–Kier alpha value is -1.96. The molecule has 0 aliphatic rings. The van der Waals surface area contributed by atoms with Crippen LogP contribution in [-0.4, -0.2) is 37.4 Å². The van der Waals surface area contributed by atoms with Gasteiger partial charge >= 0.3 is 12.2 Å². The maximum atomic E-state index is 13.2. The van der Waals surface area contributed by atoms with Crippen molar-refractivity contribution in [3.63, 3.8) is 0 Å². The van der Waals surface area contributed by atoms with Gasteiger partial charge in [0.1, 0.15) is 0 Å². The van der Waals surface area contributed by atoms with Crippen LogP contribution in [0, 0.1) is 5.92 Å². The van der Waals surface area contributed by atoms with Crippen molar-refractivity contribution in [3.8, 4) is 0 Å². The molecule has 1 aromatic carbocycles. The van der Waals surface area contributed by atoms with Gasteiger partial charge in [-0.3, -0.25) is 0 Å². The summed E-state index contributed by atoms with van der Waals surface area (Å²) in [6.45, 7) is 5.03. The number of carbonyl (C=O) groups excluding carboxylic acids is 1. The molecule has 24 heavy (non-hydrogen) atoms. The first kappa shape index (κ1) is 20.1. The number of aliphatic hydroxyl groups is 1. The quantitative estimate of drug-likeness (QED) is 0.766. The molecule has 1 aromatic rings. The molecule has 1 atom stereocenters. The highest BCUT2D eigenvalue weighted by Gasteiger charge is 2.34. The number of nitrogens with one attached hydrogen (secondary N) is 2. The molecule has 0 aliphatic heterocycles. The zero-order valence-electron chi connectivity index (χ0n) is 14.5. The van der Waals surface area contributed by atoms with Crippen LogP contribution in [0.25, 0.3) is 0 Å². The molecule has 5 nitrogen and oxygen atoms in total. The third-order valence-corrected chi connectivity index (χ3v) is 3.92. The average molecular weight is 347 g/mol. The summed E-state index contributed by atoms with van der Waals surface area (Å²) in [5, 5.41) is 14.6. The molecule has 0 aromatic heterocycles. The number of urea groups is 1. The molecule has 1 rings (SSSR count). The van der Waals surface area contributed by atoms with Gasteiger partial charge in [0.2, 0.25) is 0 Å². The summed E-state index contributed by atoms with van der Waals surface area (Å²) in [6.07, 6.45) is -4.60. The molecule has 3 N–H and O–H groups in total. The minimum Gasteiger partial charge on any atom is -0.388 e. The van der Waals surface area contributed by atoms with Crippen molar-refractivity contribution in [2.75, 3.05) is 30.9 Å². The van der Waals surface area contributed by atoms with Crippen LogP contribution < -0.4 is 15.5 Å². The van der Waals surface area contributed by atoms with Crippen molar-refractivity contribution < 1.29 is 23.1 Å². The molecule has 0 spiro atoms. The van der Waals surface area contributed by atoms with E-state index in [0.29, 0.717) is 5.69 Å². The third-order valence-electron chi connectivity index (χ3n) is 3.92. The molecule has 136 valence electrons. The lowest BCUT2D eigenvalue weighted by Gasteiger charge is -2.28. The van der Waals surface area contributed by atoms with Crippen LogP contribution >= 0.6 is 0 Å². The molecular formula is C16H24F3N3O2. The molecule has 1 unspecified atom stereocenters. The lowest BCUT2D eigenvalue weighted by atomic mass is 9.93. The lowest BCUT2D eigenvalue weighted by Crippen LogP contribution is -2.45. The van der Waals surface area contributed by atoms with Gasteiger partial charge in [0.25, 0.3) is 0 Å². The van der Waals surface area contributed by atoms with Crippen LogP contribution in [-0.2, 0) is 6.18 Å². The van der Waals surface area contributed by atoms with Crippen LogP contribution in [0.2, 0.25) is 0 Å². The van der Waals surface area contributed by atoms with E-state index in [4.69, 9.17) is 0 Å². The zero-order valence-corrected chi connectivity index (χ0v) is 14.5. The minimum absolute atomic E-state index is 0.0758. The summed E-state index contributed by atoms with van der Waals surface area (Å²) in [5.41, 5.74) is -2.05. The second-order valence-electron chi connectivity index (χ2n) is 6.44. The fourth-order valence-electron chi connectivity index (χ4n) is 1.78. The third kappa shape index (κ3) is 5.30. The Morgan fingerprint density at radius 3 is 2.33 bits per heavy atom. The van der Waals surface area contributed by atoms with Crippen LogP contribution in [0.5, 0.6) is 0 Å². The van der Waals surface area contributed by atoms with Crippen molar-refractivity contribution in [2.24, 2.45) is 5.92 Å². The SMILES string of the molecule is CC(C)C(C)(O)CNC(=O)Nc1ccc(N(C)C)cc1C(F)(F)F. The van der Waals surface area contributed by atoms with Gasteiger partial charge in [-0.05, 0) is 31.0 Å². The van der Waals surface area contributed by atoms with Crippen LogP contribution in [0.4, 0.5) is 29.3 Å². The van der Waals surface area contributed by atoms with E-state index in [0.717, 1.165) is 6.07 Å². The van der Waals surface area contributed by atoms with Gasteiger partial charge in [0.15, 0.2) is 0 Å². The number of rotatable bonds is 5. The average Bonchev–Trinajstić information content (AvgIpc) is 2.44. The number of halogens is 3. The Bertz CT molecular complexity index is 584. The summed E-state index contributed by atoms with van der Waals surface area (Å²) in [5.74, 6) is -0.122. The number of hydrogen-bond acceptors (Lipinski definition) is 3. The predicted molar refractivity (Wildman–Crippen MR) is 88.3 cm³/mol. The number of nitrogens with zero attached hydrogens (tertiary/aromatic N) is 1. The monoisotopic (exact) mass is 347 g/mol. The number of amides is 2. The molecule has 8 heteroatoms. The standard InChI is InChI=1S/C16H24F3N3O2/c1-10(2)15(3,24)9-20-14(23)21-13-7-6-11(22(4)5)8-12(13)16(17,18)19/h6-8,10,24H,9H2,1-5H3,(H2,20,21,23). The first-order chi connectivity index (χ1) is 10.8. The number of benzene rings is 1. The summed E-state index contributed by atoms with van der Waals surface area (Å²) in [4.78, 5) is 13.4. The van der Waals surface area contributed by atoms with Crippen molar-refractivity contribution in [3.05, 3.63) is 23.8 Å². The lowest BCUT2D eigenvalue weighted by molar-refractivity contribution is -0.136. The number of alkyl halides is 3. The first-order valence-corrected chi connectivity index (χ1v) is 7.50. The van der Waals surface area contributed by atoms with E-state index >= 15 is 0 Å². The maximum absolute atomic E-state index is 13.2. The Morgan fingerprint density at radius 1 is 1.29 bits per heavy atom. The largest absolute Gasteiger partial charge is 0.418 e. The van der Waals surface area contributed by atoms with E-state index in [2.05, 4.69) is 10.6 Å². The molecule has 0 bridgehead atoms. The molecular weight excluding hydrogens is 323 g/mol. The molecule has 0 aliphatic carbocycles. The molecule has 0 saturated carbocycles. The second kappa shape index (κ2) is 7.29. The topological polar surface area (TPSA) is 64.6 Å². The zero-order chi connectivity index (χ0) is 18.7. The number of anilines is 2. The van der Waals surface area contributed by atoms with E-state index in [-0.39, 0.29) is 18.2 Å². The van der Waals surface area contributed by atoms with Gasteiger partial charge < -0.3 is 20.6 Å². The normalized spacial score (nSPS) is 14.2. The van der Waals surface area contributed by atoms with Gasteiger partial charge in [-0.15, -0.1) is 0 Å². The van der Waals surface area contributed by atoms with Crippen molar-refractivity contribution >= 4 is 17.4 Å². The summed E-state index contributed by atoms with van der Waals surface area (Å²) in [7, 11) is 3.26. The van der Waals surface area contributed by atoms with Crippen LogP contribution in [0.3, 0.4) is 0 Å². The Labute approximate surface area is 139 Å². The highest BCUT2D eigenvalue weighted by molar-refractivity contribution is 5.90. The molecule has 0 radical (unpaired) electrons. The predicted octanol–water partition coefficient (Wildman–Crippen LogP) is 3.30. The fourth-order valence-corrected chi connectivity index (χ4v) is 1.78. The highest BCUT2D eigenvalue weighted by atomic mass is 19.4. The van der Waals surface area contributed by atoms with Crippen molar-refractivity contribution in [2.45, 2.75) is 32.5 Å². The highest BCUT2D eigenvalue weighted by Crippen LogP contribution is 2.37. The minimum atomic E-state index is -4.60. The van der Waals surface area contributed by atoms with E-state index < -0.39 is 23.4 Å². The van der Waals surface area contributed by atoms with E-state index in [1.165, 1.54) is 12.1 Å². The fraction of sp³-hybridized carbons (Fsp3) is 0.562. The van der Waals surface area contributed by atoms with Gasteiger partial charge in [-0.2, -0.15) is 13.2 Å². The van der Waals surface area contributed by atoms with E-state index in [9.17, 15) is 23.1 Å². The van der Waals surface area contributed by atoms with Crippen molar-refractivity contribution in [1.82, 2.24) is 5.32 Å². The van der Waals surface area contributed by atoms with Crippen LogP contribution in [0.15, 0.2) is 18.2 Å². The molecule has 0 fully saturated rings. The second-order valence-corrected chi connectivity index (χ2v) is 6.44.